The van der Waals surface area contributed by atoms with E-state index in [4.69, 9.17) is 10.5 Å². The van der Waals surface area contributed by atoms with Crippen molar-refractivity contribution in [1.82, 2.24) is 19.8 Å². The third-order valence-corrected chi connectivity index (χ3v) is 3.58. The summed E-state index contributed by atoms with van der Waals surface area (Å²) in [5.41, 5.74) is 5.46. The van der Waals surface area contributed by atoms with Crippen LogP contribution >= 0.6 is 0 Å². The minimum absolute atomic E-state index is 0.116. The van der Waals surface area contributed by atoms with E-state index < -0.39 is 15.9 Å². The lowest BCUT2D eigenvalue weighted by Gasteiger charge is -2.06. The number of sulfonamides is 1. The second-order valence-corrected chi connectivity index (χ2v) is 5.45. The maximum Gasteiger partial charge on any atom is 0.246 e. The minimum atomic E-state index is -3.85. The van der Waals surface area contributed by atoms with Crippen LogP contribution in [0.15, 0.2) is 11.1 Å². The van der Waals surface area contributed by atoms with Crippen LogP contribution in [0.25, 0.3) is 0 Å². The number of hydrogen-bond donors (Lipinski definition) is 3. The number of amides is 1. The molecule has 1 aromatic rings. The van der Waals surface area contributed by atoms with Crippen LogP contribution in [-0.4, -0.2) is 50.9 Å². The van der Waals surface area contributed by atoms with Gasteiger partial charge in [-0.1, -0.05) is 0 Å². The second-order valence-electron chi connectivity index (χ2n) is 3.72. The molecule has 0 fully saturated rings. The number of nitrogen functional groups attached to an aromatic ring is 1. The van der Waals surface area contributed by atoms with Gasteiger partial charge in [-0.25, -0.2) is 13.1 Å². The predicted molar refractivity (Wildman–Crippen MR) is 67.7 cm³/mol. The van der Waals surface area contributed by atoms with Gasteiger partial charge in [-0.05, 0) is 0 Å². The Morgan fingerprint density at radius 3 is 2.79 bits per heavy atom. The van der Waals surface area contributed by atoms with Gasteiger partial charge in [0, 0.05) is 26.9 Å². The van der Waals surface area contributed by atoms with Crippen molar-refractivity contribution in [2.75, 3.05) is 32.5 Å². The summed E-state index contributed by atoms with van der Waals surface area (Å²) in [6, 6.07) is 0. The maximum atomic E-state index is 11.9. The Labute approximate surface area is 111 Å². The molecule has 108 valence electrons. The van der Waals surface area contributed by atoms with Gasteiger partial charge in [-0.2, -0.15) is 5.10 Å². The highest BCUT2D eigenvalue weighted by Gasteiger charge is 2.21. The number of rotatable bonds is 7. The lowest BCUT2D eigenvalue weighted by atomic mass is 10.6. The number of methoxy groups -OCH3 is 1. The van der Waals surface area contributed by atoms with E-state index in [-0.39, 0.29) is 17.3 Å². The summed E-state index contributed by atoms with van der Waals surface area (Å²) in [5, 5.41) is 6.21. The molecule has 0 bridgehead atoms. The first-order chi connectivity index (χ1) is 8.86. The Bertz CT molecular complexity index is 539. The smallest absolute Gasteiger partial charge is 0.246 e. The van der Waals surface area contributed by atoms with Gasteiger partial charge in [0.2, 0.25) is 15.9 Å². The maximum absolute atomic E-state index is 11.9. The van der Waals surface area contributed by atoms with Crippen molar-refractivity contribution >= 4 is 21.7 Å². The number of aromatic nitrogens is 2. The zero-order valence-corrected chi connectivity index (χ0v) is 11.5. The molecule has 0 saturated heterocycles. The van der Waals surface area contributed by atoms with Crippen molar-refractivity contribution in [3.05, 3.63) is 6.20 Å². The molecule has 1 rings (SSSR count). The largest absolute Gasteiger partial charge is 0.383 e. The fourth-order valence-electron chi connectivity index (χ4n) is 1.28. The molecule has 0 aliphatic heterocycles. The number of carbonyl (C=O) groups excluding carboxylic acids is 1. The normalized spacial score (nSPS) is 11.5. The third kappa shape index (κ3) is 4.50. The van der Waals surface area contributed by atoms with Crippen LogP contribution in [0.1, 0.15) is 0 Å². The van der Waals surface area contributed by atoms with Crippen LogP contribution in [0, 0.1) is 0 Å². The van der Waals surface area contributed by atoms with E-state index in [2.05, 4.69) is 15.1 Å². The summed E-state index contributed by atoms with van der Waals surface area (Å²) in [4.78, 5) is 11.2. The molecule has 0 aliphatic carbocycles. The Hall–Kier alpha value is -1.65. The van der Waals surface area contributed by atoms with E-state index in [1.165, 1.54) is 18.0 Å². The van der Waals surface area contributed by atoms with Crippen LogP contribution in [0.4, 0.5) is 5.82 Å². The molecule has 0 aromatic carbocycles. The molecule has 19 heavy (non-hydrogen) atoms. The molecule has 10 heteroatoms. The number of hydrogen-bond acceptors (Lipinski definition) is 6. The Balaban J connectivity index is 2.56. The highest BCUT2D eigenvalue weighted by molar-refractivity contribution is 7.89. The van der Waals surface area contributed by atoms with Gasteiger partial charge in [0.25, 0.3) is 0 Å². The van der Waals surface area contributed by atoms with Crippen LogP contribution in [0.3, 0.4) is 0 Å². The van der Waals surface area contributed by atoms with Gasteiger partial charge in [-0.15, -0.1) is 0 Å². The number of anilines is 1. The van der Waals surface area contributed by atoms with Crippen LogP contribution in [0.5, 0.6) is 0 Å². The van der Waals surface area contributed by atoms with Crippen molar-refractivity contribution in [3.63, 3.8) is 0 Å². The van der Waals surface area contributed by atoms with Crippen LogP contribution in [-0.2, 0) is 26.6 Å². The number of nitrogens with zero attached hydrogens (tertiary/aromatic N) is 2. The molecular weight excluding hydrogens is 274 g/mol. The summed E-state index contributed by atoms with van der Waals surface area (Å²) >= 11 is 0. The lowest BCUT2D eigenvalue weighted by molar-refractivity contribution is -0.120. The highest BCUT2D eigenvalue weighted by atomic mass is 32.2. The van der Waals surface area contributed by atoms with E-state index in [0.717, 1.165) is 0 Å². The zero-order chi connectivity index (χ0) is 14.5. The topological polar surface area (TPSA) is 128 Å². The number of nitrogens with two attached hydrogens (primary N) is 1. The zero-order valence-electron chi connectivity index (χ0n) is 10.7. The number of ether oxygens (including phenoxy) is 1. The molecule has 0 radical (unpaired) electrons. The van der Waals surface area contributed by atoms with Crippen molar-refractivity contribution in [1.29, 1.82) is 0 Å². The number of nitrogens with one attached hydrogen (secondary N) is 2. The average molecular weight is 291 g/mol. The Kier molecular flexibility index (Phi) is 5.27. The van der Waals surface area contributed by atoms with E-state index >= 15 is 0 Å². The van der Waals surface area contributed by atoms with Gasteiger partial charge < -0.3 is 15.8 Å². The van der Waals surface area contributed by atoms with Crippen molar-refractivity contribution in [2.45, 2.75) is 4.90 Å². The fraction of sp³-hybridized carbons (Fsp3) is 0.556. The average Bonchev–Trinajstić information content (AvgIpc) is 2.67. The van der Waals surface area contributed by atoms with Crippen molar-refractivity contribution in [2.24, 2.45) is 7.05 Å². The molecule has 1 aromatic heterocycles. The van der Waals surface area contributed by atoms with E-state index in [9.17, 15) is 13.2 Å². The second kappa shape index (κ2) is 6.50. The van der Waals surface area contributed by atoms with Gasteiger partial charge in [0.15, 0.2) is 5.82 Å². The molecular formula is C9H17N5O4S. The number of aryl methyl sites for hydroxylation is 1. The van der Waals surface area contributed by atoms with Gasteiger partial charge >= 0.3 is 0 Å². The van der Waals surface area contributed by atoms with E-state index in [0.29, 0.717) is 13.2 Å². The van der Waals surface area contributed by atoms with Gasteiger partial charge in [0.1, 0.15) is 4.90 Å². The molecule has 0 unspecified atom stereocenters. The van der Waals surface area contributed by atoms with E-state index in [1.54, 1.807) is 7.05 Å². The van der Waals surface area contributed by atoms with Crippen LogP contribution < -0.4 is 15.8 Å². The first-order valence-corrected chi connectivity index (χ1v) is 6.89. The Morgan fingerprint density at radius 1 is 1.58 bits per heavy atom. The molecule has 0 atom stereocenters. The summed E-state index contributed by atoms with van der Waals surface area (Å²) in [5.74, 6) is -0.571. The van der Waals surface area contributed by atoms with Crippen molar-refractivity contribution in [3.8, 4) is 0 Å². The number of carbonyl (C=O) groups is 1. The summed E-state index contributed by atoms with van der Waals surface area (Å²) in [6.45, 7) is 0.292. The fourth-order valence-corrected chi connectivity index (χ4v) is 2.37. The lowest BCUT2D eigenvalue weighted by Crippen LogP contribution is -2.38. The molecule has 1 heterocycles. The third-order valence-electron chi connectivity index (χ3n) is 2.16. The molecule has 1 amide bonds. The Morgan fingerprint density at radius 2 is 2.26 bits per heavy atom. The first kappa shape index (κ1) is 15.4. The molecule has 0 saturated carbocycles. The minimum Gasteiger partial charge on any atom is -0.383 e. The summed E-state index contributed by atoms with van der Waals surface area (Å²) in [6.07, 6.45) is 1.26. The highest BCUT2D eigenvalue weighted by Crippen LogP contribution is 2.14. The predicted octanol–water partition coefficient (Wildman–Crippen LogP) is -1.96. The quantitative estimate of drug-likeness (QED) is 0.501. The SMILES string of the molecule is COCCNC(=O)CNS(=O)(=O)c1cn(C)nc1N. The standard InChI is InChI=1S/C9H17N5O4S/c1-14-6-7(9(10)13-14)19(16,17)12-5-8(15)11-3-4-18-2/h6,12H,3-5H2,1-2H3,(H2,10,13)(H,11,15). The van der Waals surface area contributed by atoms with Gasteiger partial charge in [-0.3, -0.25) is 9.48 Å². The van der Waals surface area contributed by atoms with E-state index in [1.807, 2.05) is 0 Å². The summed E-state index contributed by atoms with van der Waals surface area (Å²) in [7, 11) is -0.798. The van der Waals surface area contributed by atoms with Gasteiger partial charge in [0.05, 0.1) is 13.2 Å². The van der Waals surface area contributed by atoms with Crippen molar-refractivity contribution < 1.29 is 17.9 Å². The molecule has 0 aliphatic rings. The monoisotopic (exact) mass is 291 g/mol. The molecule has 0 spiro atoms. The van der Waals surface area contributed by atoms with Crippen LogP contribution in [0.2, 0.25) is 0 Å². The summed E-state index contributed by atoms with van der Waals surface area (Å²) < 4.78 is 31.9. The molecule has 4 N–H and O–H groups in total. The first-order valence-electron chi connectivity index (χ1n) is 5.41. The molecule has 9 nitrogen and oxygen atoms in total.